The third-order valence-corrected chi connectivity index (χ3v) is 7.21. The number of rotatable bonds is 9. The van der Waals surface area contributed by atoms with Gasteiger partial charge in [0.05, 0.1) is 11.5 Å². The van der Waals surface area contributed by atoms with Crippen molar-refractivity contribution in [1.82, 2.24) is 10.0 Å². The molecule has 2 aromatic carbocycles. The van der Waals surface area contributed by atoms with Gasteiger partial charge in [0, 0.05) is 49.4 Å². The quantitative estimate of drug-likeness (QED) is 0.554. The Morgan fingerprint density at radius 3 is 2.55 bits per heavy atom. The van der Waals surface area contributed by atoms with Gasteiger partial charge in [0.15, 0.2) is 0 Å². The van der Waals surface area contributed by atoms with Crippen molar-refractivity contribution in [3.63, 3.8) is 0 Å². The Morgan fingerprint density at radius 1 is 1.16 bits per heavy atom. The molecule has 0 atom stereocenters. The largest absolute Gasteiger partial charge is 0.383 e. The second kappa shape index (κ2) is 10.6. The first kappa shape index (κ1) is 23.7. The number of ether oxygens (including phenoxy) is 2. The number of carbonyl (C=O) groups is 1. The Hall–Kier alpha value is -1.97. The van der Waals surface area contributed by atoms with E-state index in [-0.39, 0.29) is 34.9 Å². The Kier molecular flexibility index (Phi) is 8.07. The molecule has 3 rings (SSSR count). The van der Waals surface area contributed by atoms with Gasteiger partial charge in [-0.1, -0.05) is 29.8 Å². The molecule has 0 spiro atoms. The standard InChI is InChI=1S/C22H27ClN2O5S/c1-29-14-11-25-31(27,28)20-4-2-3-17(15-20)21(26)24-16-22(9-12-30-13-10-22)18-5-7-19(23)8-6-18/h2-8,15,25H,9-14,16H2,1H3,(H,24,26). The zero-order valence-corrected chi connectivity index (χ0v) is 19.0. The van der Waals surface area contributed by atoms with Crippen LogP contribution < -0.4 is 10.0 Å². The van der Waals surface area contributed by atoms with Gasteiger partial charge in [0.1, 0.15) is 0 Å². The number of benzene rings is 2. The summed E-state index contributed by atoms with van der Waals surface area (Å²) < 4.78 is 37.7. The van der Waals surface area contributed by atoms with Crippen molar-refractivity contribution in [3.05, 3.63) is 64.7 Å². The molecule has 1 saturated heterocycles. The van der Waals surface area contributed by atoms with Gasteiger partial charge >= 0.3 is 0 Å². The van der Waals surface area contributed by atoms with Crippen molar-refractivity contribution in [2.24, 2.45) is 0 Å². The first-order valence-electron chi connectivity index (χ1n) is 10.1. The lowest BCUT2D eigenvalue weighted by Gasteiger charge is -2.38. The number of nitrogens with one attached hydrogen (secondary N) is 2. The number of carbonyl (C=O) groups excluding carboxylic acids is 1. The van der Waals surface area contributed by atoms with E-state index in [1.807, 2.05) is 24.3 Å². The predicted octanol–water partition coefficient (Wildman–Crippen LogP) is 2.74. The normalized spacial score (nSPS) is 16.1. The zero-order valence-electron chi connectivity index (χ0n) is 17.4. The van der Waals surface area contributed by atoms with Gasteiger partial charge in [-0.05, 0) is 48.7 Å². The molecule has 1 amide bonds. The molecule has 1 fully saturated rings. The van der Waals surface area contributed by atoms with Gasteiger partial charge in [0.25, 0.3) is 5.91 Å². The number of methoxy groups -OCH3 is 1. The molecule has 7 nitrogen and oxygen atoms in total. The molecular formula is C22H27ClN2O5S. The molecule has 31 heavy (non-hydrogen) atoms. The van der Waals surface area contributed by atoms with Crippen LogP contribution in [0.4, 0.5) is 0 Å². The summed E-state index contributed by atoms with van der Waals surface area (Å²) >= 11 is 6.04. The average molecular weight is 467 g/mol. The van der Waals surface area contributed by atoms with E-state index in [4.69, 9.17) is 21.1 Å². The summed E-state index contributed by atoms with van der Waals surface area (Å²) in [5.74, 6) is -0.325. The molecule has 1 heterocycles. The summed E-state index contributed by atoms with van der Waals surface area (Å²) in [4.78, 5) is 12.9. The molecule has 0 aliphatic carbocycles. The lowest BCUT2D eigenvalue weighted by atomic mass is 9.74. The third kappa shape index (κ3) is 6.05. The van der Waals surface area contributed by atoms with E-state index >= 15 is 0 Å². The predicted molar refractivity (Wildman–Crippen MR) is 119 cm³/mol. The summed E-state index contributed by atoms with van der Waals surface area (Å²) in [5.41, 5.74) is 1.12. The van der Waals surface area contributed by atoms with E-state index in [1.165, 1.54) is 19.2 Å². The molecule has 0 aromatic heterocycles. The average Bonchev–Trinajstić information content (AvgIpc) is 2.79. The topological polar surface area (TPSA) is 93.7 Å². The van der Waals surface area contributed by atoms with Crippen LogP contribution in [0.25, 0.3) is 0 Å². The minimum atomic E-state index is -3.72. The van der Waals surface area contributed by atoms with E-state index in [1.54, 1.807) is 12.1 Å². The van der Waals surface area contributed by atoms with Crippen molar-refractivity contribution < 1.29 is 22.7 Å². The smallest absolute Gasteiger partial charge is 0.251 e. The van der Waals surface area contributed by atoms with Crippen LogP contribution in [0.2, 0.25) is 5.02 Å². The second-order valence-electron chi connectivity index (χ2n) is 7.50. The van der Waals surface area contributed by atoms with Crippen molar-refractivity contribution >= 4 is 27.5 Å². The Balaban J connectivity index is 1.74. The summed E-state index contributed by atoms with van der Waals surface area (Å²) in [5, 5.41) is 3.65. The number of sulfonamides is 1. The summed E-state index contributed by atoms with van der Waals surface area (Å²) in [7, 11) is -2.23. The molecule has 9 heteroatoms. The van der Waals surface area contributed by atoms with Gasteiger partial charge in [-0.25, -0.2) is 13.1 Å². The Bertz CT molecular complexity index is 989. The fourth-order valence-corrected chi connectivity index (χ4v) is 4.84. The number of hydrogen-bond donors (Lipinski definition) is 2. The molecule has 0 unspecified atom stereocenters. The van der Waals surface area contributed by atoms with Crippen molar-refractivity contribution in [3.8, 4) is 0 Å². The highest BCUT2D eigenvalue weighted by Gasteiger charge is 2.35. The third-order valence-electron chi connectivity index (χ3n) is 5.50. The van der Waals surface area contributed by atoms with Crippen LogP contribution >= 0.6 is 11.6 Å². The summed E-state index contributed by atoms with van der Waals surface area (Å²) in [6, 6.07) is 13.7. The highest BCUT2D eigenvalue weighted by atomic mass is 35.5. The van der Waals surface area contributed by atoms with Crippen LogP contribution in [-0.2, 0) is 24.9 Å². The van der Waals surface area contributed by atoms with Gasteiger partial charge in [0.2, 0.25) is 10.0 Å². The molecule has 2 aromatic rings. The lowest BCUT2D eigenvalue weighted by molar-refractivity contribution is 0.0487. The van der Waals surface area contributed by atoms with Gasteiger partial charge < -0.3 is 14.8 Å². The molecule has 0 saturated carbocycles. The minimum absolute atomic E-state index is 0.0368. The summed E-state index contributed by atoms with van der Waals surface area (Å²) in [6.07, 6.45) is 1.54. The van der Waals surface area contributed by atoms with Crippen LogP contribution in [-0.4, -0.2) is 54.3 Å². The van der Waals surface area contributed by atoms with Crippen LogP contribution in [0.5, 0.6) is 0 Å². The fourth-order valence-electron chi connectivity index (χ4n) is 3.65. The van der Waals surface area contributed by atoms with Gasteiger partial charge in [-0.2, -0.15) is 0 Å². The van der Waals surface area contributed by atoms with E-state index in [0.717, 1.165) is 18.4 Å². The van der Waals surface area contributed by atoms with Gasteiger partial charge in [-0.15, -0.1) is 0 Å². The highest BCUT2D eigenvalue weighted by molar-refractivity contribution is 7.89. The van der Waals surface area contributed by atoms with E-state index in [9.17, 15) is 13.2 Å². The number of amides is 1. The van der Waals surface area contributed by atoms with E-state index in [2.05, 4.69) is 10.0 Å². The molecule has 168 valence electrons. The first-order valence-corrected chi connectivity index (χ1v) is 11.9. The maximum absolute atomic E-state index is 12.9. The Morgan fingerprint density at radius 2 is 1.87 bits per heavy atom. The first-order chi connectivity index (χ1) is 14.9. The van der Waals surface area contributed by atoms with Crippen molar-refractivity contribution in [1.29, 1.82) is 0 Å². The maximum Gasteiger partial charge on any atom is 0.251 e. The molecule has 0 bridgehead atoms. The van der Waals surface area contributed by atoms with Crippen LogP contribution in [0.15, 0.2) is 53.4 Å². The van der Waals surface area contributed by atoms with Crippen LogP contribution in [0.1, 0.15) is 28.8 Å². The van der Waals surface area contributed by atoms with Crippen molar-refractivity contribution in [2.75, 3.05) is 40.0 Å². The fraction of sp³-hybridized carbons (Fsp3) is 0.409. The van der Waals surface area contributed by atoms with Crippen LogP contribution in [0.3, 0.4) is 0 Å². The maximum atomic E-state index is 12.9. The highest BCUT2D eigenvalue weighted by Crippen LogP contribution is 2.35. The summed E-state index contributed by atoms with van der Waals surface area (Å²) in [6.45, 7) is 2.05. The van der Waals surface area contributed by atoms with E-state index in [0.29, 0.717) is 24.8 Å². The lowest BCUT2D eigenvalue weighted by Crippen LogP contribution is -2.44. The molecular weight excluding hydrogens is 440 g/mol. The zero-order chi connectivity index (χ0) is 22.3. The minimum Gasteiger partial charge on any atom is -0.383 e. The molecule has 1 aliphatic heterocycles. The number of hydrogen-bond acceptors (Lipinski definition) is 5. The van der Waals surface area contributed by atoms with Crippen LogP contribution in [0, 0.1) is 0 Å². The Labute approximate surface area is 188 Å². The molecule has 0 radical (unpaired) electrons. The molecule has 1 aliphatic rings. The number of halogens is 1. The monoisotopic (exact) mass is 466 g/mol. The van der Waals surface area contributed by atoms with Crippen molar-refractivity contribution in [2.45, 2.75) is 23.2 Å². The SMILES string of the molecule is COCCNS(=O)(=O)c1cccc(C(=O)NCC2(c3ccc(Cl)cc3)CCOCC2)c1. The second-order valence-corrected chi connectivity index (χ2v) is 9.70. The van der Waals surface area contributed by atoms with E-state index < -0.39 is 10.0 Å². The van der Waals surface area contributed by atoms with Gasteiger partial charge in [-0.3, -0.25) is 4.79 Å². The molecule has 2 N–H and O–H groups in total.